The molecule has 4 aliphatic rings. The van der Waals surface area contributed by atoms with Gasteiger partial charge >= 0.3 is 0 Å². The van der Waals surface area contributed by atoms with Crippen molar-refractivity contribution >= 4 is 33.2 Å². The van der Waals surface area contributed by atoms with Crippen LogP contribution in [-0.4, -0.2) is 63.1 Å². The highest BCUT2D eigenvalue weighted by molar-refractivity contribution is 7.90. The van der Waals surface area contributed by atoms with E-state index in [4.69, 9.17) is 16.3 Å². The van der Waals surface area contributed by atoms with Gasteiger partial charge in [0.15, 0.2) is 0 Å². The van der Waals surface area contributed by atoms with Gasteiger partial charge in [0.2, 0.25) is 10.0 Å². The van der Waals surface area contributed by atoms with Crippen LogP contribution in [0.2, 0.25) is 0 Å². The maximum Gasteiger partial charge on any atom is 0.264 e. The molecule has 0 radical (unpaired) electrons. The van der Waals surface area contributed by atoms with Gasteiger partial charge < -0.3 is 20.1 Å². The first-order valence-corrected chi connectivity index (χ1v) is 18.3. The molecule has 1 aromatic rings. The van der Waals surface area contributed by atoms with Crippen molar-refractivity contribution in [1.82, 2.24) is 10.0 Å². The van der Waals surface area contributed by atoms with Gasteiger partial charge in [0.05, 0.1) is 23.1 Å². The van der Waals surface area contributed by atoms with Gasteiger partial charge in [-0.05, 0) is 126 Å². The molecule has 2 bridgehead atoms. The standard InChI is InChI=1S/C35H50ClN3O5S/c1-7-28(36)16-25-9-8-14-35(23(25)3)20-39-19-27-10-12-30(27)34(5,41)18-29(37-6)15-22(2)24(4)45(42,43)38-33(40)26-11-13-32(44-21-35)31(39)17-26/h7,11,13,16-17,22,24,27,29-30,37,41H,3,8-10,12,14-15,18-21H2,1-2,4-6H3,(H,38,40)/b25-16-,28-7+/t22-,24+,27-,29+,30+,34+,35-/m0/s1. The maximum atomic E-state index is 13.5. The van der Waals surface area contributed by atoms with E-state index in [-0.39, 0.29) is 34.8 Å². The summed E-state index contributed by atoms with van der Waals surface area (Å²) in [5, 5.41) is 15.1. The van der Waals surface area contributed by atoms with Gasteiger partial charge in [-0.2, -0.15) is 0 Å². The first kappa shape index (κ1) is 34.0. The molecular formula is C35H50ClN3O5S. The lowest BCUT2D eigenvalue weighted by Crippen LogP contribution is -2.53. The van der Waals surface area contributed by atoms with Gasteiger partial charge in [0, 0.05) is 35.1 Å². The van der Waals surface area contributed by atoms with E-state index in [1.54, 1.807) is 25.1 Å². The zero-order valence-electron chi connectivity index (χ0n) is 27.4. The fourth-order valence-corrected chi connectivity index (χ4v) is 9.39. The second-order valence-electron chi connectivity index (χ2n) is 14.2. The van der Waals surface area contributed by atoms with E-state index < -0.39 is 26.8 Å². The molecule has 3 N–H and O–H groups in total. The third kappa shape index (κ3) is 6.87. The molecule has 0 aromatic heterocycles. The molecule has 2 heterocycles. The second kappa shape index (κ2) is 13.1. The fourth-order valence-electron chi connectivity index (χ4n) is 7.98. The maximum absolute atomic E-state index is 13.5. The molecule has 1 aromatic carbocycles. The predicted octanol–water partition coefficient (Wildman–Crippen LogP) is 5.92. The van der Waals surface area contributed by atoms with Crippen molar-refractivity contribution < 1.29 is 23.1 Å². The molecule has 248 valence electrons. The van der Waals surface area contributed by atoms with Gasteiger partial charge in [0.1, 0.15) is 5.75 Å². The summed E-state index contributed by atoms with van der Waals surface area (Å²) in [6, 6.07) is 5.11. The van der Waals surface area contributed by atoms with E-state index in [1.807, 2.05) is 40.0 Å². The number of ether oxygens (including phenoxy) is 1. The summed E-state index contributed by atoms with van der Waals surface area (Å²) in [6.45, 7) is 13.7. The van der Waals surface area contributed by atoms with Crippen molar-refractivity contribution in [2.24, 2.45) is 23.2 Å². The minimum Gasteiger partial charge on any atom is -0.490 e. The number of anilines is 1. The number of carbonyl (C=O) groups is 1. The summed E-state index contributed by atoms with van der Waals surface area (Å²) in [4.78, 5) is 15.8. The van der Waals surface area contributed by atoms with Crippen molar-refractivity contribution in [2.45, 2.75) is 89.5 Å². The van der Waals surface area contributed by atoms with Crippen molar-refractivity contribution in [2.75, 3.05) is 31.6 Å². The van der Waals surface area contributed by atoms with Crippen LogP contribution in [-0.2, 0) is 10.0 Å². The lowest BCUT2D eigenvalue weighted by molar-refractivity contribution is -0.0791. The van der Waals surface area contributed by atoms with Crippen LogP contribution < -0.4 is 19.7 Å². The third-order valence-corrected chi connectivity index (χ3v) is 13.4. The van der Waals surface area contributed by atoms with Crippen LogP contribution in [0.4, 0.5) is 5.69 Å². The number of nitrogens with zero attached hydrogens (tertiary/aromatic N) is 1. The molecule has 2 saturated carbocycles. The predicted molar refractivity (Wildman–Crippen MR) is 181 cm³/mol. The number of aliphatic hydroxyl groups is 1. The van der Waals surface area contributed by atoms with Gasteiger partial charge in [0.25, 0.3) is 5.91 Å². The number of benzene rings is 1. The van der Waals surface area contributed by atoms with E-state index in [9.17, 15) is 18.3 Å². The summed E-state index contributed by atoms with van der Waals surface area (Å²) >= 11 is 6.44. The van der Waals surface area contributed by atoms with Crippen LogP contribution in [0.1, 0.15) is 83.0 Å². The first-order chi connectivity index (χ1) is 21.2. The number of hydrogen-bond acceptors (Lipinski definition) is 7. The first-order valence-electron chi connectivity index (χ1n) is 16.4. The second-order valence-corrected chi connectivity index (χ2v) is 16.7. The Labute approximate surface area is 274 Å². The van der Waals surface area contributed by atoms with Crippen LogP contribution in [0.15, 0.2) is 53.1 Å². The average Bonchev–Trinajstić information content (AvgIpc) is 3.12. The van der Waals surface area contributed by atoms with Crippen molar-refractivity contribution in [3.05, 3.63) is 58.7 Å². The SMILES string of the molecule is C=C1/C(=C\C(Cl)=C/C)CCC[C@]12COc1ccc3cc1N(C[C@@H]1CC[C@H]1[C@](C)(O)C[C@H](NC)C[C@H](C)[C@@H](C)S(=O)(=O)NC3=O)C2. The molecule has 2 aliphatic heterocycles. The van der Waals surface area contributed by atoms with E-state index in [0.29, 0.717) is 43.3 Å². The quantitative estimate of drug-likeness (QED) is 0.362. The zero-order chi connectivity index (χ0) is 32.7. The largest absolute Gasteiger partial charge is 0.490 e. The number of nitrogens with one attached hydrogen (secondary N) is 2. The average molecular weight is 660 g/mol. The lowest BCUT2D eigenvalue weighted by atomic mass is 9.63. The summed E-state index contributed by atoms with van der Waals surface area (Å²) in [6.07, 6.45) is 9.66. The number of allylic oxidation sites excluding steroid dienone is 4. The molecule has 7 atom stereocenters. The number of carbonyl (C=O) groups excluding carboxylic acids is 1. The summed E-state index contributed by atoms with van der Waals surface area (Å²) in [7, 11) is -2.10. The Morgan fingerprint density at radius 3 is 2.71 bits per heavy atom. The van der Waals surface area contributed by atoms with Gasteiger partial charge in [-0.15, -0.1) is 0 Å². The number of rotatable bonds is 2. The van der Waals surface area contributed by atoms with E-state index in [2.05, 4.69) is 21.5 Å². The van der Waals surface area contributed by atoms with Crippen molar-refractivity contribution in [1.29, 1.82) is 0 Å². The Balaban J connectivity index is 1.58. The number of sulfonamides is 1. The summed E-state index contributed by atoms with van der Waals surface area (Å²) < 4.78 is 35.7. The molecule has 2 aliphatic carbocycles. The Kier molecular flexibility index (Phi) is 9.87. The van der Waals surface area contributed by atoms with Gasteiger partial charge in [-0.1, -0.05) is 31.2 Å². The zero-order valence-corrected chi connectivity index (χ0v) is 28.9. The number of fused-ring (bicyclic) bond motifs is 2. The van der Waals surface area contributed by atoms with E-state index in [0.717, 1.165) is 48.9 Å². The number of amides is 1. The van der Waals surface area contributed by atoms with Crippen molar-refractivity contribution in [3.63, 3.8) is 0 Å². The highest BCUT2D eigenvalue weighted by atomic mass is 35.5. The van der Waals surface area contributed by atoms with E-state index >= 15 is 0 Å². The minimum absolute atomic E-state index is 0.0774. The molecule has 0 unspecified atom stereocenters. The third-order valence-electron chi connectivity index (χ3n) is 11.2. The van der Waals surface area contributed by atoms with Crippen LogP contribution in [0, 0.1) is 23.2 Å². The number of halogens is 1. The normalized spacial score (nSPS) is 36.9. The van der Waals surface area contributed by atoms with Crippen LogP contribution >= 0.6 is 11.6 Å². The lowest BCUT2D eigenvalue weighted by Gasteiger charge is -2.50. The van der Waals surface area contributed by atoms with Crippen LogP contribution in [0.5, 0.6) is 5.75 Å². The number of hydrogen-bond donors (Lipinski definition) is 3. The molecule has 1 amide bonds. The molecule has 8 nitrogen and oxygen atoms in total. The van der Waals surface area contributed by atoms with Crippen LogP contribution in [0.3, 0.4) is 0 Å². The Hall–Kier alpha value is -2.33. The monoisotopic (exact) mass is 659 g/mol. The van der Waals surface area contributed by atoms with Gasteiger partial charge in [-0.3, -0.25) is 4.79 Å². The highest BCUT2D eigenvalue weighted by Crippen LogP contribution is 2.50. The highest BCUT2D eigenvalue weighted by Gasteiger charge is 2.48. The molecule has 5 rings (SSSR count). The topological polar surface area (TPSA) is 108 Å². The Bertz CT molecular complexity index is 1490. The minimum atomic E-state index is -3.96. The molecular weight excluding hydrogens is 610 g/mol. The summed E-state index contributed by atoms with van der Waals surface area (Å²) in [5.41, 5.74) is 1.88. The molecule has 2 fully saturated rings. The Morgan fingerprint density at radius 2 is 2.04 bits per heavy atom. The molecule has 45 heavy (non-hydrogen) atoms. The Morgan fingerprint density at radius 1 is 1.29 bits per heavy atom. The molecule has 10 heteroatoms. The molecule has 1 spiro atoms. The summed E-state index contributed by atoms with van der Waals surface area (Å²) in [5.74, 6) is 0.0951. The molecule has 0 saturated heterocycles. The van der Waals surface area contributed by atoms with Gasteiger partial charge in [-0.25, -0.2) is 13.1 Å². The van der Waals surface area contributed by atoms with Crippen molar-refractivity contribution in [3.8, 4) is 5.75 Å². The van der Waals surface area contributed by atoms with Crippen LogP contribution in [0.25, 0.3) is 0 Å². The smallest absolute Gasteiger partial charge is 0.264 e. The fraction of sp³-hybridized carbons (Fsp3) is 0.629. The van der Waals surface area contributed by atoms with E-state index in [1.165, 1.54) is 0 Å².